The molecule has 0 aliphatic rings. The molecule has 0 radical (unpaired) electrons. The lowest BCUT2D eigenvalue weighted by molar-refractivity contribution is -0.140. The van der Waals surface area contributed by atoms with Crippen molar-refractivity contribution in [1.82, 2.24) is 9.03 Å². The number of nitrogens with zero attached hydrogens (tertiary/aromatic N) is 1. The highest BCUT2D eigenvalue weighted by Crippen LogP contribution is 1.97. The van der Waals surface area contributed by atoms with Crippen LogP contribution in [0.15, 0.2) is 0 Å². The van der Waals surface area contributed by atoms with Crippen molar-refractivity contribution in [3.63, 3.8) is 0 Å². The second-order valence-corrected chi connectivity index (χ2v) is 4.75. The van der Waals surface area contributed by atoms with Crippen molar-refractivity contribution in [1.29, 1.82) is 0 Å². The largest absolute Gasteiger partial charge is 0.469 e. The molecule has 9 heteroatoms. The summed E-state index contributed by atoms with van der Waals surface area (Å²) in [6, 6.07) is 0. The molecule has 0 saturated carbocycles. The Morgan fingerprint density at radius 1 is 1.35 bits per heavy atom. The first-order valence-electron chi connectivity index (χ1n) is 4.81. The fourth-order valence-electron chi connectivity index (χ4n) is 0.815. The second-order valence-electron chi connectivity index (χ2n) is 2.98. The monoisotopic (exact) mass is 268 g/mol. The van der Waals surface area contributed by atoms with Gasteiger partial charge in [-0.2, -0.15) is 12.7 Å². The maximum atomic E-state index is 11.5. The van der Waals surface area contributed by atoms with Crippen molar-refractivity contribution in [3.05, 3.63) is 0 Å². The van der Waals surface area contributed by atoms with E-state index < -0.39 is 22.3 Å². The van der Waals surface area contributed by atoms with Crippen LogP contribution in [-0.4, -0.2) is 52.1 Å². The summed E-state index contributed by atoms with van der Waals surface area (Å²) in [7, 11) is -1.56. The first-order chi connectivity index (χ1) is 7.83. The summed E-state index contributed by atoms with van der Waals surface area (Å²) < 4.78 is 34.2. The fraction of sp³-hybridized carbons (Fsp3) is 0.750. The smallest absolute Gasteiger partial charge is 0.421 e. The second kappa shape index (κ2) is 7.07. The zero-order valence-corrected chi connectivity index (χ0v) is 10.7. The zero-order chi connectivity index (χ0) is 13.5. The molecule has 0 bridgehead atoms. The molecule has 17 heavy (non-hydrogen) atoms. The summed E-state index contributed by atoms with van der Waals surface area (Å²) in [5.41, 5.74) is 0. The highest BCUT2D eigenvalue weighted by molar-refractivity contribution is 7.87. The minimum absolute atomic E-state index is 0.0627. The number of nitrogens with one attached hydrogen (secondary N) is 1. The highest BCUT2D eigenvalue weighted by Gasteiger charge is 2.21. The lowest BCUT2D eigenvalue weighted by atomic mass is 10.4. The third kappa shape index (κ3) is 6.07. The van der Waals surface area contributed by atoms with E-state index >= 15 is 0 Å². The zero-order valence-electron chi connectivity index (χ0n) is 9.93. The van der Waals surface area contributed by atoms with E-state index in [9.17, 15) is 18.0 Å². The quantitative estimate of drug-likeness (QED) is 0.650. The van der Waals surface area contributed by atoms with Crippen LogP contribution >= 0.6 is 0 Å². The van der Waals surface area contributed by atoms with Gasteiger partial charge in [-0.1, -0.05) is 0 Å². The van der Waals surface area contributed by atoms with Gasteiger partial charge >= 0.3 is 22.3 Å². The van der Waals surface area contributed by atoms with Crippen LogP contribution in [0.5, 0.6) is 0 Å². The number of hydrogen-bond acceptors (Lipinski definition) is 6. The molecule has 0 aliphatic carbocycles. The van der Waals surface area contributed by atoms with Crippen molar-refractivity contribution in [3.8, 4) is 0 Å². The van der Waals surface area contributed by atoms with Crippen LogP contribution < -0.4 is 4.72 Å². The lowest BCUT2D eigenvalue weighted by Gasteiger charge is -2.16. The third-order valence-electron chi connectivity index (χ3n) is 1.76. The van der Waals surface area contributed by atoms with E-state index in [1.165, 1.54) is 14.2 Å². The van der Waals surface area contributed by atoms with Crippen LogP contribution in [0.25, 0.3) is 0 Å². The van der Waals surface area contributed by atoms with Gasteiger partial charge in [0.2, 0.25) is 0 Å². The van der Waals surface area contributed by atoms with E-state index in [2.05, 4.69) is 9.47 Å². The Bertz CT molecular complexity index is 366. The van der Waals surface area contributed by atoms with E-state index in [1.54, 1.807) is 11.6 Å². The summed E-state index contributed by atoms with van der Waals surface area (Å²) in [5, 5.41) is 0. The summed E-state index contributed by atoms with van der Waals surface area (Å²) in [4.78, 5) is 21.7. The maximum absolute atomic E-state index is 11.5. The third-order valence-corrected chi connectivity index (χ3v) is 3.18. The molecule has 1 amide bonds. The Balaban J connectivity index is 4.30. The molecule has 0 fully saturated rings. The average Bonchev–Trinajstić information content (AvgIpc) is 2.24. The molecule has 0 unspecified atom stereocenters. The van der Waals surface area contributed by atoms with Gasteiger partial charge in [0.05, 0.1) is 20.1 Å². The van der Waals surface area contributed by atoms with Gasteiger partial charge in [0.1, 0.15) is 0 Å². The standard InChI is InChI=1S/C8H16N2O6S/c1-4-16-8(12)9-17(13,14)10(2)6-5-7(11)15-3/h4-6H2,1-3H3,(H,9,12). The molecule has 8 nitrogen and oxygen atoms in total. The summed E-state index contributed by atoms with van der Waals surface area (Å²) in [6.07, 6.45) is -1.16. The van der Waals surface area contributed by atoms with Crippen molar-refractivity contribution < 1.29 is 27.5 Å². The molecule has 0 aliphatic heterocycles. The average molecular weight is 268 g/mol. The SMILES string of the molecule is CCOC(=O)NS(=O)(=O)N(C)CCC(=O)OC. The molecular weight excluding hydrogens is 252 g/mol. The number of esters is 1. The van der Waals surface area contributed by atoms with Gasteiger partial charge in [0, 0.05) is 13.6 Å². The van der Waals surface area contributed by atoms with Gasteiger partial charge in [-0.15, -0.1) is 0 Å². The molecule has 0 atom stereocenters. The molecule has 0 spiro atoms. The molecule has 0 aromatic heterocycles. The number of carbonyl (C=O) groups excluding carboxylic acids is 2. The molecule has 0 aromatic carbocycles. The molecule has 1 N–H and O–H groups in total. The summed E-state index contributed by atoms with van der Waals surface area (Å²) >= 11 is 0. The van der Waals surface area contributed by atoms with Gasteiger partial charge in [-0.3, -0.25) is 4.79 Å². The van der Waals surface area contributed by atoms with E-state index in [0.717, 1.165) is 4.31 Å². The fourth-order valence-corrected chi connectivity index (χ4v) is 1.57. The molecule has 0 saturated heterocycles. The molecule has 0 aromatic rings. The van der Waals surface area contributed by atoms with Crippen LogP contribution in [0.2, 0.25) is 0 Å². The molecule has 0 rings (SSSR count). The molecular formula is C8H16N2O6S. The lowest BCUT2D eigenvalue weighted by Crippen LogP contribution is -2.42. The van der Waals surface area contributed by atoms with E-state index in [1.807, 2.05) is 0 Å². The van der Waals surface area contributed by atoms with Gasteiger partial charge in [-0.05, 0) is 6.92 Å². The van der Waals surface area contributed by atoms with Crippen LogP contribution in [0.4, 0.5) is 4.79 Å². The number of rotatable bonds is 6. The summed E-state index contributed by atoms with van der Waals surface area (Å²) in [5.74, 6) is -0.539. The number of ether oxygens (including phenoxy) is 2. The Kier molecular flexibility index (Phi) is 6.51. The van der Waals surface area contributed by atoms with E-state index in [-0.39, 0.29) is 19.6 Å². The predicted octanol–water partition coefficient (Wildman–Crippen LogP) is -0.528. The number of hydrogen-bond donors (Lipinski definition) is 1. The number of carbonyl (C=O) groups is 2. The number of amides is 1. The van der Waals surface area contributed by atoms with Crippen LogP contribution in [0, 0.1) is 0 Å². The van der Waals surface area contributed by atoms with Crippen LogP contribution in [0.3, 0.4) is 0 Å². The highest BCUT2D eigenvalue weighted by atomic mass is 32.2. The summed E-state index contributed by atoms with van der Waals surface area (Å²) in [6.45, 7) is 1.52. The minimum atomic E-state index is -3.98. The van der Waals surface area contributed by atoms with Gasteiger partial charge in [0.25, 0.3) is 0 Å². The van der Waals surface area contributed by atoms with Gasteiger partial charge < -0.3 is 9.47 Å². The topological polar surface area (TPSA) is 102 Å². The molecule has 0 heterocycles. The predicted molar refractivity (Wildman–Crippen MR) is 58.3 cm³/mol. The van der Waals surface area contributed by atoms with Crippen molar-refractivity contribution in [2.45, 2.75) is 13.3 Å². The molecule has 100 valence electrons. The first-order valence-corrected chi connectivity index (χ1v) is 6.25. The minimum Gasteiger partial charge on any atom is -0.469 e. The van der Waals surface area contributed by atoms with E-state index in [0.29, 0.717) is 0 Å². The van der Waals surface area contributed by atoms with Crippen molar-refractivity contribution in [2.24, 2.45) is 0 Å². The van der Waals surface area contributed by atoms with Crippen LogP contribution in [0.1, 0.15) is 13.3 Å². The van der Waals surface area contributed by atoms with Crippen LogP contribution in [-0.2, 0) is 24.5 Å². The van der Waals surface area contributed by atoms with Gasteiger partial charge in [0.15, 0.2) is 0 Å². The van der Waals surface area contributed by atoms with Crippen molar-refractivity contribution >= 4 is 22.3 Å². The Labute approximate surface area is 100 Å². The van der Waals surface area contributed by atoms with Crippen molar-refractivity contribution in [2.75, 3.05) is 27.3 Å². The Morgan fingerprint density at radius 3 is 2.41 bits per heavy atom. The Morgan fingerprint density at radius 2 is 1.94 bits per heavy atom. The normalized spacial score (nSPS) is 11.1. The van der Waals surface area contributed by atoms with Gasteiger partial charge in [-0.25, -0.2) is 9.52 Å². The first kappa shape index (κ1) is 15.7. The maximum Gasteiger partial charge on any atom is 0.421 e. The van der Waals surface area contributed by atoms with E-state index in [4.69, 9.17) is 0 Å². The Hall–Kier alpha value is -1.35. The number of methoxy groups -OCH3 is 1.